The molecule has 0 spiro atoms. The Labute approximate surface area is 198 Å². The van der Waals surface area contributed by atoms with Gasteiger partial charge in [0, 0.05) is 37.7 Å². The van der Waals surface area contributed by atoms with Gasteiger partial charge in [-0.1, -0.05) is 0 Å². The van der Waals surface area contributed by atoms with Crippen LogP contribution in [0.1, 0.15) is 25.5 Å². The molecule has 1 aromatic heterocycles. The highest BCUT2D eigenvalue weighted by Crippen LogP contribution is 2.39. The number of aryl methyl sites for hydroxylation is 2. The summed E-state index contributed by atoms with van der Waals surface area (Å²) in [5.41, 5.74) is -0.969. The van der Waals surface area contributed by atoms with Gasteiger partial charge in [-0.15, -0.1) is 0 Å². The maximum atomic E-state index is 15.1. The number of nitrogens with zero attached hydrogens (tertiary/aromatic N) is 2. The Kier molecular flexibility index (Phi) is 7.00. The van der Waals surface area contributed by atoms with E-state index in [0.717, 1.165) is 12.1 Å². The zero-order valence-corrected chi connectivity index (χ0v) is 19.4. The van der Waals surface area contributed by atoms with E-state index in [2.05, 4.69) is 10.4 Å². The van der Waals surface area contributed by atoms with Crippen molar-refractivity contribution < 1.29 is 36.2 Å². The van der Waals surface area contributed by atoms with Crippen LogP contribution in [0.2, 0.25) is 0 Å². The zero-order valence-electron chi connectivity index (χ0n) is 19.4. The first-order chi connectivity index (χ1) is 16.6. The van der Waals surface area contributed by atoms with Crippen LogP contribution in [0, 0.1) is 36.0 Å². The van der Waals surface area contributed by atoms with Gasteiger partial charge in [-0.2, -0.15) is 5.10 Å². The molecule has 1 aliphatic heterocycles. The maximum absolute atomic E-state index is 15.1. The molecule has 2 aromatic carbocycles. The van der Waals surface area contributed by atoms with Crippen LogP contribution >= 0.6 is 0 Å². The smallest absolute Gasteiger partial charge is 0.165 e. The van der Waals surface area contributed by atoms with Crippen molar-refractivity contribution in [3.63, 3.8) is 0 Å². The van der Waals surface area contributed by atoms with E-state index in [1.165, 1.54) is 18.7 Å². The lowest BCUT2D eigenvalue weighted by molar-refractivity contribution is -0.148. The highest BCUT2D eigenvalue weighted by atomic mass is 19.2. The average Bonchev–Trinajstić information content (AvgIpc) is 3.31. The summed E-state index contributed by atoms with van der Waals surface area (Å²) in [6.45, 7) is 4.53. The molecule has 1 fully saturated rings. The Balaban J connectivity index is 1.57. The molecule has 11 heteroatoms. The summed E-state index contributed by atoms with van der Waals surface area (Å²) in [5.74, 6) is -6.20. The third kappa shape index (κ3) is 5.25. The maximum Gasteiger partial charge on any atom is 0.165 e. The minimum atomic E-state index is -1.21. The molecule has 1 aliphatic rings. The highest BCUT2D eigenvalue weighted by Gasteiger charge is 2.30. The fourth-order valence-electron chi connectivity index (χ4n) is 4.04. The van der Waals surface area contributed by atoms with E-state index >= 15 is 8.78 Å². The number of benzene rings is 2. The number of anilines is 2. The summed E-state index contributed by atoms with van der Waals surface area (Å²) in [4.78, 5) is 0. The van der Waals surface area contributed by atoms with Gasteiger partial charge >= 0.3 is 0 Å². The second kappa shape index (κ2) is 9.82. The predicted molar refractivity (Wildman–Crippen MR) is 118 cm³/mol. The van der Waals surface area contributed by atoms with Gasteiger partial charge < -0.3 is 19.5 Å². The Hall–Kier alpha value is -3.18. The van der Waals surface area contributed by atoms with Crippen molar-refractivity contribution >= 4 is 11.5 Å². The predicted octanol–water partition coefficient (Wildman–Crippen LogP) is 5.76. The fraction of sp³-hybridized carbons (Fsp3) is 0.375. The van der Waals surface area contributed by atoms with Gasteiger partial charge in [0.2, 0.25) is 0 Å². The quantitative estimate of drug-likeness (QED) is 0.317. The number of halogens is 5. The van der Waals surface area contributed by atoms with Crippen molar-refractivity contribution in [1.82, 2.24) is 9.78 Å². The zero-order chi connectivity index (χ0) is 25.3. The molecule has 0 atom stereocenters. The molecule has 4 rings (SSSR count). The minimum Gasteiger partial charge on any atom is -0.493 e. The molecule has 0 unspecified atom stereocenters. The topological polar surface area (TPSA) is 57.5 Å². The minimum absolute atomic E-state index is 0.0196. The van der Waals surface area contributed by atoms with Crippen molar-refractivity contribution in [3.05, 3.63) is 59.0 Å². The number of hydrogen-bond acceptors (Lipinski definition) is 5. The normalized spacial score (nSPS) is 15.0. The molecule has 2 heterocycles. The molecule has 0 bridgehead atoms. The van der Waals surface area contributed by atoms with Gasteiger partial charge in [-0.05, 0) is 20.3 Å². The van der Waals surface area contributed by atoms with Crippen LogP contribution in [0.5, 0.6) is 5.75 Å². The first-order valence-corrected chi connectivity index (χ1v) is 10.9. The lowest BCUT2D eigenvalue weighted by Gasteiger charge is -2.22. The van der Waals surface area contributed by atoms with Crippen molar-refractivity contribution in [2.24, 2.45) is 7.05 Å². The number of aromatic nitrogens is 2. The van der Waals surface area contributed by atoms with Crippen LogP contribution in [0.4, 0.5) is 33.5 Å². The summed E-state index contributed by atoms with van der Waals surface area (Å²) >= 11 is 0. The van der Waals surface area contributed by atoms with E-state index in [-0.39, 0.29) is 29.4 Å². The lowest BCUT2D eigenvalue weighted by atomic mass is 10.0. The van der Waals surface area contributed by atoms with Crippen molar-refractivity contribution in [3.8, 4) is 16.9 Å². The summed E-state index contributed by atoms with van der Waals surface area (Å²) in [6.07, 6.45) is 1.09. The first-order valence-electron chi connectivity index (χ1n) is 10.9. The van der Waals surface area contributed by atoms with Gasteiger partial charge in [0.1, 0.15) is 34.7 Å². The van der Waals surface area contributed by atoms with E-state index in [9.17, 15) is 13.2 Å². The van der Waals surface area contributed by atoms with Gasteiger partial charge in [0.15, 0.2) is 17.4 Å². The lowest BCUT2D eigenvalue weighted by Crippen LogP contribution is -2.25. The summed E-state index contributed by atoms with van der Waals surface area (Å²) in [5, 5.41) is 6.58. The molecule has 3 aromatic rings. The van der Waals surface area contributed by atoms with Crippen molar-refractivity contribution in [2.45, 2.75) is 32.5 Å². The van der Waals surface area contributed by atoms with Gasteiger partial charge in [0.05, 0.1) is 36.6 Å². The number of nitrogens with one attached hydrogen (secondary N) is 1. The molecule has 6 nitrogen and oxygen atoms in total. The summed E-state index contributed by atoms with van der Waals surface area (Å²) in [7, 11) is 1.43. The number of hydrogen-bond donors (Lipinski definition) is 1. The monoisotopic (exact) mass is 497 g/mol. The largest absolute Gasteiger partial charge is 0.493 e. The number of ether oxygens (including phenoxy) is 3. The Morgan fingerprint density at radius 1 is 0.971 bits per heavy atom. The van der Waals surface area contributed by atoms with Crippen molar-refractivity contribution in [2.75, 3.05) is 25.1 Å². The molecule has 0 aliphatic carbocycles. The molecular formula is C24H24F5N3O3. The Morgan fingerprint density at radius 2 is 1.57 bits per heavy atom. The fourth-order valence-corrected chi connectivity index (χ4v) is 4.04. The second-order valence-corrected chi connectivity index (χ2v) is 8.35. The summed E-state index contributed by atoms with van der Waals surface area (Å²) in [6, 6.07) is 3.04. The molecular weight excluding hydrogens is 473 g/mol. The van der Waals surface area contributed by atoms with Gasteiger partial charge in [-0.25, -0.2) is 22.0 Å². The third-order valence-corrected chi connectivity index (χ3v) is 5.68. The van der Waals surface area contributed by atoms with Gasteiger partial charge in [0.25, 0.3) is 0 Å². The van der Waals surface area contributed by atoms with Crippen LogP contribution in [0.25, 0.3) is 11.1 Å². The Morgan fingerprint density at radius 3 is 2.17 bits per heavy atom. The third-order valence-electron chi connectivity index (χ3n) is 5.68. The van der Waals surface area contributed by atoms with Crippen molar-refractivity contribution in [1.29, 1.82) is 0 Å². The van der Waals surface area contributed by atoms with Crippen LogP contribution in [-0.4, -0.2) is 35.4 Å². The standard InChI is InChI=1S/C24H24F5N3O3/c1-13-20(23(32(3)31-13)30-22-18(28)9-14(25)10-19(22)29)21-16(26)11-15(12-17(21)27)33-6-4-5-24(2)34-7-8-35-24/h9-12,30H,4-8H2,1-3H3. The molecule has 1 N–H and O–H groups in total. The van der Waals surface area contributed by atoms with Gasteiger partial charge in [-0.3, -0.25) is 4.68 Å². The van der Waals surface area contributed by atoms with E-state index in [1.54, 1.807) is 0 Å². The van der Waals surface area contributed by atoms with E-state index in [1.807, 2.05) is 6.92 Å². The average molecular weight is 497 g/mol. The SMILES string of the molecule is Cc1nn(C)c(Nc2c(F)cc(F)cc2F)c1-c1c(F)cc(OCCCC2(C)OCCO2)cc1F. The van der Waals surface area contributed by atoms with E-state index < -0.39 is 46.1 Å². The van der Waals surface area contributed by atoms with Crippen LogP contribution in [-0.2, 0) is 16.5 Å². The summed E-state index contributed by atoms with van der Waals surface area (Å²) < 4.78 is 89.6. The molecule has 0 saturated carbocycles. The first kappa shape index (κ1) is 24.9. The second-order valence-electron chi connectivity index (χ2n) is 8.35. The van der Waals surface area contributed by atoms with E-state index in [0.29, 0.717) is 38.2 Å². The van der Waals surface area contributed by atoms with Crippen LogP contribution in [0.3, 0.4) is 0 Å². The van der Waals surface area contributed by atoms with E-state index in [4.69, 9.17) is 14.2 Å². The molecule has 35 heavy (non-hydrogen) atoms. The van der Waals surface area contributed by atoms with Crippen LogP contribution < -0.4 is 10.1 Å². The molecule has 1 saturated heterocycles. The molecule has 0 amide bonds. The Bertz CT molecular complexity index is 1200. The molecule has 188 valence electrons. The highest BCUT2D eigenvalue weighted by molar-refractivity contribution is 5.82. The number of rotatable bonds is 8. The molecule has 0 radical (unpaired) electrons. The van der Waals surface area contributed by atoms with Crippen LogP contribution in [0.15, 0.2) is 24.3 Å².